The fourth-order valence-electron chi connectivity index (χ4n) is 3.42. The Balaban J connectivity index is 1.67. The van der Waals surface area contributed by atoms with Crippen LogP contribution in [0.3, 0.4) is 0 Å². The minimum Gasteiger partial charge on any atom is -0.356 e. The van der Waals surface area contributed by atoms with Crippen LogP contribution in [0.5, 0.6) is 0 Å². The molecule has 10 heteroatoms. The smallest absolute Gasteiger partial charge is 0.274 e. The maximum absolute atomic E-state index is 11.8. The minimum absolute atomic E-state index is 0.147. The first-order chi connectivity index (χ1) is 12.9. The first kappa shape index (κ1) is 19.5. The molecule has 4 N–H and O–H groups in total. The first-order valence-corrected chi connectivity index (χ1v) is 10.4. The van der Waals surface area contributed by atoms with Crippen LogP contribution in [0, 0.1) is 5.92 Å². The van der Waals surface area contributed by atoms with Gasteiger partial charge in [0, 0.05) is 37.6 Å². The molecule has 1 aliphatic rings. The summed E-state index contributed by atoms with van der Waals surface area (Å²) < 4.78 is 24.2. The molecule has 3 rings (SSSR count). The predicted octanol–water partition coefficient (Wildman–Crippen LogP) is 0.389. The van der Waals surface area contributed by atoms with Crippen molar-refractivity contribution in [2.45, 2.75) is 19.3 Å². The van der Waals surface area contributed by atoms with Gasteiger partial charge in [-0.05, 0) is 43.4 Å². The zero-order valence-corrected chi connectivity index (χ0v) is 16.0. The highest BCUT2D eigenvalue weighted by molar-refractivity contribution is 7.87. The monoisotopic (exact) mass is 392 g/mol. The topological polar surface area (TPSA) is 130 Å². The molecule has 146 valence electrons. The van der Waals surface area contributed by atoms with Crippen molar-refractivity contribution in [2.24, 2.45) is 11.1 Å². The van der Waals surface area contributed by atoms with Crippen LogP contribution >= 0.6 is 0 Å². The molecule has 0 unspecified atom stereocenters. The standard InChI is InChI=1S/C17H24N6O3S/c1-19-17(24)13-2-3-14-15(10-13)20-11-21-16(14)23-8-5-12(6-9-23)4-7-22-27(18,25)26/h2-3,10-12,22H,4-9H2,1H3,(H,19,24)(H2,18,25,26). The lowest BCUT2D eigenvalue weighted by Crippen LogP contribution is -2.37. The van der Waals surface area contributed by atoms with Gasteiger partial charge in [-0.1, -0.05) is 0 Å². The molecule has 0 saturated carbocycles. The molecule has 1 amide bonds. The average Bonchev–Trinajstić information content (AvgIpc) is 2.66. The largest absolute Gasteiger partial charge is 0.356 e. The molecule has 1 aromatic heterocycles. The van der Waals surface area contributed by atoms with Gasteiger partial charge in [-0.25, -0.2) is 19.8 Å². The third-order valence-corrected chi connectivity index (χ3v) is 5.48. The van der Waals surface area contributed by atoms with Crippen molar-refractivity contribution < 1.29 is 13.2 Å². The molecule has 1 aromatic carbocycles. The lowest BCUT2D eigenvalue weighted by atomic mass is 9.93. The summed E-state index contributed by atoms with van der Waals surface area (Å²) in [5.74, 6) is 1.17. The maximum atomic E-state index is 11.8. The molecule has 27 heavy (non-hydrogen) atoms. The molecule has 1 aliphatic heterocycles. The lowest BCUT2D eigenvalue weighted by molar-refractivity contribution is 0.0963. The molecule has 0 spiro atoms. The molecule has 9 nitrogen and oxygen atoms in total. The number of nitrogens with two attached hydrogens (primary N) is 1. The summed E-state index contributed by atoms with van der Waals surface area (Å²) in [4.78, 5) is 22.8. The Morgan fingerprint density at radius 2 is 2.04 bits per heavy atom. The van der Waals surface area contributed by atoms with E-state index in [2.05, 4.69) is 24.9 Å². The van der Waals surface area contributed by atoms with Gasteiger partial charge in [0.25, 0.3) is 16.1 Å². The van der Waals surface area contributed by atoms with Gasteiger partial charge in [0.1, 0.15) is 12.1 Å². The minimum atomic E-state index is -3.62. The number of carbonyl (C=O) groups excluding carboxylic acids is 1. The van der Waals surface area contributed by atoms with Crippen molar-refractivity contribution in [3.05, 3.63) is 30.1 Å². The van der Waals surface area contributed by atoms with Gasteiger partial charge in [-0.3, -0.25) is 4.79 Å². The van der Waals surface area contributed by atoms with E-state index in [0.717, 1.165) is 49.1 Å². The highest BCUT2D eigenvalue weighted by Crippen LogP contribution is 2.28. The molecule has 0 radical (unpaired) electrons. The number of piperidine rings is 1. The van der Waals surface area contributed by atoms with Crippen LogP contribution in [-0.4, -0.2) is 51.0 Å². The van der Waals surface area contributed by atoms with E-state index >= 15 is 0 Å². The number of aromatic nitrogens is 2. The third-order valence-electron chi connectivity index (χ3n) is 4.87. The number of fused-ring (bicyclic) bond motifs is 1. The van der Waals surface area contributed by atoms with Crippen molar-refractivity contribution in [1.29, 1.82) is 0 Å². The summed E-state index contributed by atoms with van der Waals surface area (Å²) >= 11 is 0. The van der Waals surface area contributed by atoms with Crippen molar-refractivity contribution in [3.63, 3.8) is 0 Å². The van der Waals surface area contributed by atoms with Gasteiger partial charge in [-0.2, -0.15) is 8.42 Å². The van der Waals surface area contributed by atoms with Crippen LogP contribution < -0.4 is 20.1 Å². The fraction of sp³-hybridized carbons (Fsp3) is 0.471. The summed E-state index contributed by atoms with van der Waals surface area (Å²) in [5.41, 5.74) is 1.30. The second kappa shape index (κ2) is 8.15. The van der Waals surface area contributed by atoms with Crippen LogP contribution in [0.1, 0.15) is 29.6 Å². The highest BCUT2D eigenvalue weighted by Gasteiger charge is 2.22. The number of amides is 1. The third kappa shape index (κ3) is 4.90. The van der Waals surface area contributed by atoms with Crippen LogP contribution in [-0.2, 0) is 10.2 Å². The summed E-state index contributed by atoms with van der Waals surface area (Å²) in [7, 11) is -2.02. The number of rotatable bonds is 6. The SMILES string of the molecule is CNC(=O)c1ccc2c(N3CCC(CCNS(N)(=O)=O)CC3)ncnc2c1. The first-order valence-electron chi connectivity index (χ1n) is 8.86. The summed E-state index contributed by atoms with van der Waals surface area (Å²) in [6.45, 7) is 2.04. The Morgan fingerprint density at radius 3 is 2.70 bits per heavy atom. The van der Waals surface area contributed by atoms with E-state index in [1.807, 2.05) is 6.07 Å². The number of hydrogen-bond donors (Lipinski definition) is 3. The Morgan fingerprint density at radius 1 is 1.30 bits per heavy atom. The Hall–Kier alpha value is -2.30. The molecular weight excluding hydrogens is 368 g/mol. The zero-order valence-electron chi connectivity index (χ0n) is 15.2. The summed E-state index contributed by atoms with van der Waals surface area (Å²) in [6, 6.07) is 5.43. The Bertz CT molecular complexity index is 925. The fourth-order valence-corrected chi connectivity index (χ4v) is 3.82. The number of nitrogens with zero attached hydrogens (tertiary/aromatic N) is 3. The molecule has 2 aromatic rings. The summed E-state index contributed by atoms with van der Waals surface area (Å²) in [6.07, 6.45) is 4.19. The number of hydrogen-bond acceptors (Lipinski definition) is 6. The van der Waals surface area contributed by atoms with Gasteiger partial charge in [0.2, 0.25) is 0 Å². The normalized spacial score (nSPS) is 15.9. The van der Waals surface area contributed by atoms with E-state index in [-0.39, 0.29) is 5.91 Å². The highest BCUT2D eigenvalue weighted by atomic mass is 32.2. The molecule has 1 fully saturated rings. The zero-order chi connectivity index (χ0) is 19.4. The van der Waals surface area contributed by atoms with Crippen LogP contribution in [0.2, 0.25) is 0 Å². The number of nitrogens with one attached hydrogen (secondary N) is 2. The van der Waals surface area contributed by atoms with E-state index in [1.165, 1.54) is 6.33 Å². The summed E-state index contributed by atoms with van der Waals surface area (Å²) in [5, 5.41) is 8.48. The van der Waals surface area contributed by atoms with Gasteiger partial charge in [0.15, 0.2) is 0 Å². The van der Waals surface area contributed by atoms with E-state index in [4.69, 9.17) is 5.14 Å². The van der Waals surface area contributed by atoms with Crippen molar-refractivity contribution >= 4 is 32.8 Å². The van der Waals surface area contributed by atoms with E-state index < -0.39 is 10.2 Å². The Kier molecular flexibility index (Phi) is 5.88. The van der Waals surface area contributed by atoms with Crippen LogP contribution in [0.25, 0.3) is 10.9 Å². The second-order valence-electron chi connectivity index (χ2n) is 6.67. The maximum Gasteiger partial charge on any atom is 0.274 e. The molecule has 1 saturated heterocycles. The van der Waals surface area contributed by atoms with Gasteiger partial charge in [-0.15, -0.1) is 0 Å². The second-order valence-corrected chi connectivity index (χ2v) is 8.05. The van der Waals surface area contributed by atoms with Crippen LogP contribution in [0.15, 0.2) is 24.5 Å². The van der Waals surface area contributed by atoms with E-state index in [1.54, 1.807) is 19.2 Å². The number of carbonyl (C=O) groups is 1. The quantitative estimate of drug-likeness (QED) is 0.652. The van der Waals surface area contributed by atoms with Gasteiger partial charge in [0.05, 0.1) is 5.52 Å². The van der Waals surface area contributed by atoms with E-state index in [0.29, 0.717) is 18.0 Å². The van der Waals surface area contributed by atoms with E-state index in [9.17, 15) is 13.2 Å². The Labute approximate surface area is 158 Å². The van der Waals surface area contributed by atoms with Crippen LogP contribution in [0.4, 0.5) is 5.82 Å². The van der Waals surface area contributed by atoms with Crippen molar-refractivity contribution in [3.8, 4) is 0 Å². The van der Waals surface area contributed by atoms with Crippen molar-refractivity contribution in [1.82, 2.24) is 20.0 Å². The average molecular weight is 392 g/mol. The molecule has 0 aliphatic carbocycles. The molecular formula is C17H24N6O3S. The molecule has 0 bridgehead atoms. The number of benzene rings is 1. The number of anilines is 1. The van der Waals surface area contributed by atoms with Gasteiger partial charge >= 0.3 is 0 Å². The van der Waals surface area contributed by atoms with Gasteiger partial charge < -0.3 is 10.2 Å². The van der Waals surface area contributed by atoms with Crippen molar-refractivity contribution in [2.75, 3.05) is 31.6 Å². The lowest BCUT2D eigenvalue weighted by Gasteiger charge is -2.33. The molecule has 0 atom stereocenters. The molecule has 2 heterocycles. The predicted molar refractivity (Wildman–Crippen MR) is 104 cm³/mol.